The normalized spacial score (nSPS) is 14.1. The lowest BCUT2D eigenvalue weighted by molar-refractivity contribution is -0.121. The number of rotatable bonds is 12. The summed E-state index contributed by atoms with van der Waals surface area (Å²) in [5.41, 5.74) is 4.25. The smallest absolute Gasteiger partial charge is 0.319 e. The van der Waals surface area contributed by atoms with Crippen molar-refractivity contribution >= 4 is 17.5 Å². The van der Waals surface area contributed by atoms with Gasteiger partial charge in [0.1, 0.15) is 6.61 Å². The number of carbonyl (C=O) groups excluding carboxylic acids is 2. The van der Waals surface area contributed by atoms with Crippen LogP contribution in [0.25, 0.3) is 0 Å². The SMILES string of the molecule is O=C(CO)Cc1ccc(CCCCc2ccc(NC(=O)NCCN3CCOCC3)cc2)cc1. The van der Waals surface area contributed by atoms with Gasteiger partial charge in [-0.05, 0) is 54.5 Å². The van der Waals surface area contributed by atoms with E-state index in [2.05, 4.69) is 39.8 Å². The minimum Gasteiger partial charge on any atom is -0.389 e. The van der Waals surface area contributed by atoms with Crippen molar-refractivity contribution in [2.45, 2.75) is 32.1 Å². The summed E-state index contributed by atoms with van der Waals surface area (Å²) in [7, 11) is 0. The molecule has 3 N–H and O–H groups in total. The summed E-state index contributed by atoms with van der Waals surface area (Å²) >= 11 is 0. The molecule has 2 amide bonds. The summed E-state index contributed by atoms with van der Waals surface area (Å²) < 4.78 is 5.33. The predicted octanol–water partition coefficient (Wildman–Crippen LogP) is 2.81. The molecule has 33 heavy (non-hydrogen) atoms. The Labute approximate surface area is 196 Å². The van der Waals surface area contributed by atoms with Crippen LogP contribution in [0, 0.1) is 0 Å². The van der Waals surface area contributed by atoms with Crippen LogP contribution in [0.1, 0.15) is 29.5 Å². The molecule has 0 bridgehead atoms. The van der Waals surface area contributed by atoms with E-state index >= 15 is 0 Å². The number of nitrogens with zero attached hydrogens (tertiary/aromatic N) is 1. The number of aliphatic hydroxyl groups excluding tert-OH is 1. The highest BCUT2D eigenvalue weighted by atomic mass is 16.5. The summed E-state index contributed by atoms with van der Waals surface area (Å²) in [6.07, 6.45) is 4.45. The van der Waals surface area contributed by atoms with E-state index in [0.29, 0.717) is 6.54 Å². The second-order valence-electron chi connectivity index (χ2n) is 8.43. The molecule has 0 aliphatic carbocycles. The van der Waals surface area contributed by atoms with Crippen molar-refractivity contribution in [2.75, 3.05) is 51.3 Å². The van der Waals surface area contributed by atoms with Crippen molar-refractivity contribution in [3.05, 3.63) is 65.2 Å². The molecule has 1 fully saturated rings. The maximum Gasteiger partial charge on any atom is 0.319 e. The Morgan fingerprint density at radius 1 is 0.879 bits per heavy atom. The number of ether oxygens (including phenoxy) is 1. The number of carbonyl (C=O) groups is 2. The molecule has 1 aliphatic rings. The molecule has 2 aromatic carbocycles. The third-order valence-electron chi connectivity index (χ3n) is 5.81. The molecule has 1 heterocycles. The average molecular weight is 454 g/mol. The molecule has 2 aromatic rings. The Bertz CT molecular complexity index is 862. The summed E-state index contributed by atoms with van der Waals surface area (Å²) in [4.78, 5) is 25.7. The number of benzene rings is 2. The number of morpholine rings is 1. The molecule has 0 unspecified atom stereocenters. The number of anilines is 1. The minimum atomic E-state index is -0.401. The quantitative estimate of drug-likeness (QED) is 0.430. The minimum absolute atomic E-state index is 0.159. The maximum atomic E-state index is 12.1. The van der Waals surface area contributed by atoms with E-state index in [4.69, 9.17) is 9.84 Å². The first kappa shape index (κ1) is 24.9. The van der Waals surface area contributed by atoms with Gasteiger partial charge >= 0.3 is 6.03 Å². The number of urea groups is 1. The first-order chi connectivity index (χ1) is 16.1. The van der Waals surface area contributed by atoms with E-state index in [1.165, 1.54) is 11.1 Å². The molecule has 178 valence electrons. The van der Waals surface area contributed by atoms with Crippen LogP contribution in [0.3, 0.4) is 0 Å². The zero-order valence-corrected chi connectivity index (χ0v) is 19.2. The second-order valence-corrected chi connectivity index (χ2v) is 8.43. The zero-order valence-electron chi connectivity index (χ0n) is 19.2. The summed E-state index contributed by atoms with van der Waals surface area (Å²) in [6, 6.07) is 15.9. The highest BCUT2D eigenvalue weighted by molar-refractivity contribution is 5.89. The number of hydrogen-bond acceptors (Lipinski definition) is 5. The maximum absolute atomic E-state index is 12.1. The van der Waals surface area contributed by atoms with Gasteiger partial charge in [-0.2, -0.15) is 0 Å². The number of hydrogen-bond donors (Lipinski definition) is 3. The van der Waals surface area contributed by atoms with Crippen LogP contribution in [0.15, 0.2) is 48.5 Å². The Balaban J connectivity index is 1.30. The molecule has 1 aliphatic heterocycles. The largest absolute Gasteiger partial charge is 0.389 e. The van der Waals surface area contributed by atoms with Crippen molar-refractivity contribution in [1.82, 2.24) is 10.2 Å². The lowest BCUT2D eigenvalue weighted by Crippen LogP contribution is -2.42. The van der Waals surface area contributed by atoms with E-state index in [9.17, 15) is 9.59 Å². The zero-order chi connectivity index (χ0) is 23.3. The van der Waals surface area contributed by atoms with E-state index in [-0.39, 0.29) is 18.2 Å². The van der Waals surface area contributed by atoms with Crippen molar-refractivity contribution in [1.29, 1.82) is 0 Å². The number of nitrogens with one attached hydrogen (secondary N) is 2. The van der Waals surface area contributed by atoms with Crippen LogP contribution in [0.2, 0.25) is 0 Å². The molecule has 1 saturated heterocycles. The lowest BCUT2D eigenvalue weighted by atomic mass is 10.0. The van der Waals surface area contributed by atoms with Gasteiger partial charge < -0.3 is 20.5 Å². The van der Waals surface area contributed by atoms with Crippen LogP contribution >= 0.6 is 0 Å². The first-order valence-corrected chi connectivity index (χ1v) is 11.8. The number of aliphatic hydroxyl groups is 1. The molecule has 7 nitrogen and oxygen atoms in total. The van der Waals surface area contributed by atoms with Gasteiger partial charge in [0.25, 0.3) is 0 Å². The summed E-state index contributed by atoms with van der Waals surface area (Å²) in [5, 5.41) is 14.6. The fourth-order valence-electron chi connectivity index (χ4n) is 3.85. The van der Waals surface area contributed by atoms with Gasteiger partial charge in [0.05, 0.1) is 13.2 Å². The Morgan fingerprint density at radius 2 is 1.45 bits per heavy atom. The Hall–Kier alpha value is -2.74. The summed E-state index contributed by atoms with van der Waals surface area (Å²) in [6.45, 7) is 4.43. The molecular weight excluding hydrogens is 418 g/mol. The first-order valence-electron chi connectivity index (χ1n) is 11.8. The highest BCUT2D eigenvalue weighted by Gasteiger charge is 2.10. The number of aryl methyl sites for hydroxylation is 2. The van der Waals surface area contributed by atoms with Gasteiger partial charge in [-0.25, -0.2) is 4.79 Å². The van der Waals surface area contributed by atoms with E-state index in [1.54, 1.807) is 0 Å². The fraction of sp³-hybridized carbons (Fsp3) is 0.462. The van der Waals surface area contributed by atoms with Gasteiger partial charge in [-0.1, -0.05) is 36.4 Å². The van der Waals surface area contributed by atoms with E-state index in [0.717, 1.165) is 69.8 Å². The molecule has 3 rings (SSSR count). The van der Waals surface area contributed by atoms with Crippen LogP contribution in [-0.4, -0.2) is 67.8 Å². The van der Waals surface area contributed by atoms with Crippen LogP contribution < -0.4 is 10.6 Å². The molecule has 0 radical (unpaired) electrons. The molecular formula is C26H35N3O4. The second kappa shape index (κ2) is 13.7. The number of Topliss-reactive ketones (excluding diaryl/α,β-unsaturated/α-hetero) is 1. The lowest BCUT2D eigenvalue weighted by Gasteiger charge is -2.26. The standard InChI is InChI=1S/C26H35N3O4/c30-20-25(31)19-23-7-5-21(6-8-23)3-1-2-4-22-9-11-24(12-10-22)28-26(32)27-13-14-29-15-17-33-18-16-29/h5-12,30H,1-4,13-20H2,(H2,27,28,32). The fourth-order valence-corrected chi connectivity index (χ4v) is 3.85. The monoisotopic (exact) mass is 453 g/mol. The molecule has 0 atom stereocenters. The third kappa shape index (κ3) is 9.34. The van der Waals surface area contributed by atoms with Crippen molar-refractivity contribution in [2.24, 2.45) is 0 Å². The predicted molar refractivity (Wildman–Crippen MR) is 130 cm³/mol. The van der Waals surface area contributed by atoms with Crippen molar-refractivity contribution in [3.63, 3.8) is 0 Å². The number of amides is 2. The molecule has 0 spiro atoms. The van der Waals surface area contributed by atoms with Gasteiger partial charge in [0.2, 0.25) is 0 Å². The van der Waals surface area contributed by atoms with Gasteiger partial charge in [-0.3, -0.25) is 9.69 Å². The van der Waals surface area contributed by atoms with Crippen LogP contribution in [-0.2, 0) is 28.8 Å². The highest BCUT2D eigenvalue weighted by Crippen LogP contribution is 2.14. The third-order valence-corrected chi connectivity index (χ3v) is 5.81. The van der Waals surface area contributed by atoms with Gasteiger partial charge in [0.15, 0.2) is 5.78 Å². The van der Waals surface area contributed by atoms with Crippen molar-refractivity contribution < 1.29 is 19.4 Å². The molecule has 0 saturated carbocycles. The molecule has 7 heteroatoms. The van der Waals surface area contributed by atoms with Crippen LogP contribution in [0.5, 0.6) is 0 Å². The number of unbranched alkanes of at least 4 members (excludes halogenated alkanes) is 1. The van der Waals surface area contributed by atoms with E-state index in [1.807, 2.05) is 24.3 Å². The van der Waals surface area contributed by atoms with E-state index < -0.39 is 6.61 Å². The average Bonchev–Trinajstić information content (AvgIpc) is 2.84. The van der Waals surface area contributed by atoms with Gasteiger partial charge in [0, 0.05) is 38.3 Å². The van der Waals surface area contributed by atoms with Crippen LogP contribution in [0.4, 0.5) is 10.5 Å². The molecule has 0 aromatic heterocycles. The Kier molecular flexibility index (Phi) is 10.4. The van der Waals surface area contributed by atoms with Gasteiger partial charge in [-0.15, -0.1) is 0 Å². The summed E-state index contributed by atoms with van der Waals surface area (Å²) in [5.74, 6) is -0.159. The topological polar surface area (TPSA) is 90.9 Å². The number of ketones is 1. The Morgan fingerprint density at radius 3 is 2.06 bits per heavy atom. The van der Waals surface area contributed by atoms with Crippen molar-refractivity contribution in [3.8, 4) is 0 Å².